The van der Waals surface area contributed by atoms with Gasteiger partial charge in [0.05, 0.1) is 6.54 Å². The molecule has 2 rings (SSSR count). The molecular formula is C8H10F2N4O. The van der Waals surface area contributed by atoms with Crippen molar-refractivity contribution in [1.82, 2.24) is 15.1 Å². The summed E-state index contributed by atoms with van der Waals surface area (Å²) in [5, 5.41) is 6.24. The van der Waals surface area contributed by atoms with Gasteiger partial charge in [-0.05, 0) is 0 Å². The molecule has 0 spiro atoms. The van der Waals surface area contributed by atoms with Crippen molar-refractivity contribution in [3.63, 3.8) is 0 Å². The molecule has 0 saturated carbocycles. The number of hydrogen-bond donors (Lipinski definition) is 2. The van der Waals surface area contributed by atoms with Crippen LogP contribution in [0.4, 0.5) is 8.78 Å². The highest BCUT2D eigenvalue weighted by Crippen LogP contribution is 2.34. The van der Waals surface area contributed by atoms with Crippen molar-refractivity contribution in [3.8, 4) is 0 Å². The Morgan fingerprint density at radius 2 is 2.33 bits per heavy atom. The van der Waals surface area contributed by atoms with Crippen molar-refractivity contribution in [2.75, 3.05) is 6.54 Å². The third-order valence-corrected chi connectivity index (χ3v) is 2.37. The van der Waals surface area contributed by atoms with Crippen LogP contribution in [-0.2, 0) is 19.5 Å². The van der Waals surface area contributed by atoms with Crippen molar-refractivity contribution in [1.29, 1.82) is 0 Å². The van der Waals surface area contributed by atoms with Gasteiger partial charge in [-0.3, -0.25) is 9.48 Å². The minimum atomic E-state index is -3.01. The van der Waals surface area contributed by atoms with Crippen LogP contribution in [0.3, 0.4) is 0 Å². The van der Waals surface area contributed by atoms with Crippen molar-refractivity contribution in [2.45, 2.75) is 12.5 Å². The summed E-state index contributed by atoms with van der Waals surface area (Å²) in [5.41, 5.74) is 4.94. The van der Waals surface area contributed by atoms with Gasteiger partial charge in [-0.1, -0.05) is 0 Å². The lowest BCUT2D eigenvalue weighted by Crippen LogP contribution is -2.38. The molecule has 0 fully saturated rings. The van der Waals surface area contributed by atoms with E-state index in [1.165, 1.54) is 7.05 Å². The van der Waals surface area contributed by atoms with Crippen LogP contribution in [0.2, 0.25) is 0 Å². The molecule has 5 nitrogen and oxygen atoms in total. The lowest BCUT2D eigenvalue weighted by molar-refractivity contribution is -0.0187. The molecule has 1 amide bonds. The first-order valence-corrected chi connectivity index (χ1v) is 4.38. The monoisotopic (exact) mass is 216 g/mol. The number of aromatic nitrogens is 2. The second kappa shape index (κ2) is 2.99. The number of aryl methyl sites for hydroxylation is 1. The Morgan fingerprint density at radius 3 is 2.93 bits per heavy atom. The molecule has 0 bridgehead atoms. The van der Waals surface area contributed by atoms with Crippen molar-refractivity contribution < 1.29 is 13.6 Å². The van der Waals surface area contributed by atoms with E-state index in [9.17, 15) is 13.6 Å². The number of rotatable bonds is 1. The Balaban J connectivity index is 2.64. The van der Waals surface area contributed by atoms with E-state index in [1.807, 2.05) is 0 Å². The maximum Gasteiger partial charge on any atom is 0.301 e. The standard InChI is InChI=1S/C8H10F2N4O/c1-14-6-4(5(13-14)7(11)15)2-12-3-8(6,9)10/h12H,2-3H2,1H3,(H2,11,15). The van der Waals surface area contributed by atoms with Gasteiger partial charge in [0.1, 0.15) is 5.69 Å². The van der Waals surface area contributed by atoms with E-state index in [1.54, 1.807) is 0 Å². The summed E-state index contributed by atoms with van der Waals surface area (Å²) in [4.78, 5) is 11.0. The SMILES string of the molecule is Cn1nc(C(N)=O)c2c1C(F)(F)CNC2. The fraction of sp³-hybridized carbons (Fsp3) is 0.500. The van der Waals surface area contributed by atoms with Gasteiger partial charge < -0.3 is 11.1 Å². The largest absolute Gasteiger partial charge is 0.364 e. The molecule has 0 aliphatic carbocycles. The van der Waals surface area contributed by atoms with E-state index in [4.69, 9.17) is 5.73 Å². The fourth-order valence-corrected chi connectivity index (χ4v) is 1.82. The predicted molar refractivity (Wildman–Crippen MR) is 47.3 cm³/mol. The van der Waals surface area contributed by atoms with Gasteiger partial charge in [-0.2, -0.15) is 13.9 Å². The second-order valence-electron chi connectivity index (χ2n) is 3.47. The quantitative estimate of drug-likeness (QED) is 0.677. The molecule has 1 aromatic rings. The molecule has 15 heavy (non-hydrogen) atoms. The first-order valence-electron chi connectivity index (χ1n) is 4.38. The third-order valence-electron chi connectivity index (χ3n) is 2.37. The van der Waals surface area contributed by atoms with E-state index < -0.39 is 18.4 Å². The van der Waals surface area contributed by atoms with Gasteiger partial charge in [0.15, 0.2) is 5.69 Å². The van der Waals surface area contributed by atoms with Gasteiger partial charge in [-0.25, -0.2) is 0 Å². The molecule has 7 heteroatoms. The number of primary amides is 1. The molecule has 0 atom stereocenters. The van der Waals surface area contributed by atoms with Crippen LogP contribution in [0.15, 0.2) is 0 Å². The third kappa shape index (κ3) is 1.39. The van der Waals surface area contributed by atoms with Gasteiger partial charge in [0.2, 0.25) is 0 Å². The molecule has 2 heterocycles. The summed E-state index contributed by atoms with van der Waals surface area (Å²) in [6.45, 7) is -0.255. The number of hydrogen-bond acceptors (Lipinski definition) is 3. The molecule has 0 aromatic carbocycles. The lowest BCUT2D eigenvalue weighted by atomic mass is 10.0. The Labute approximate surface area is 84.2 Å². The minimum Gasteiger partial charge on any atom is -0.364 e. The summed E-state index contributed by atoms with van der Waals surface area (Å²) in [6, 6.07) is 0. The zero-order valence-electron chi connectivity index (χ0n) is 8.05. The highest BCUT2D eigenvalue weighted by atomic mass is 19.3. The number of alkyl halides is 2. The van der Waals surface area contributed by atoms with Gasteiger partial charge >= 0.3 is 5.92 Å². The summed E-state index contributed by atoms with van der Waals surface area (Å²) >= 11 is 0. The molecule has 0 unspecified atom stereocenters. The average Bonchev–Trinajstić information content (AvgIpc) is 2.43. The molecule has 1 aliphatic heterocycles. The minimum absolute atomic E-state index is 0.0839. The zero-order chi connectivity index (χ0) is 11.2. The van der Waals surface area contributed by atoms with Crippen LogP contribution in [-0.4, -0.2) is 22.2 Å². The first kappa shape index (κ1) is 10.0. The van der Waals surface area contributed by atoms with Crippen molar-refractivity contribution >= 4 is 5.91 Å². The Kier molecular flexibility index (Phi) is 2.00. The molecule has 1 aliphatic rings. The average molecular weight is 216 g/mol. The zero-order valence-corrected chi connectivity index (χ0v) is 8.05. The smallest absolute Gasteiger partial charge is 0.301 e. The number of halogens is 2. The maximum absolute atomic E-state index is 13.5. The van der Waals surface area contributed by atoms with Crippen LogP contribution in [0.5, 0.6) is 0 Å². The van der Waals surface area contributed by atoms with Crippen LogP contribution >= 0.6 is 0 Å². The number of carbonyl (C=O) groups excluding carboxylic acids is 1. The molecule has 1 aromatic heterocycles. The van der Waals surface area contributed by atoms with Crippen molar-refractivity contribution in [2.24, 2.45) is 12.8 Å². The van der Waals surface area contributed by atoms with Crippen LogP contribution in [0.25, 0.3) is 0 Å². The topological polar surface area (TPSA) is 72.9 Å². The Morgan fingerprint density at radius 1 is 1.67 bits per heavy atom. The van der Waals surface area contributed by atoms with E-state index in [-0.39, 0.29) is 23.5 Å². The molecule has 0 saturated heterocycles. The Hall–Kier alpha value is -1.50. The van der Waals surface area contributed by atoms with Gasteiger partial charge in [-0.15, -0.1) is 0 Å². The molecular weight excluding hydrogens is 206 g/mol. The fourth-order valence-electron chi connectivity index (χ4n) is 1.82. The predicted octanol–water partition coefficient (Wildman–Crippen LogP) is -0.286. The van der Waals surface area contributed by atoms with E-state index in [0.29, 0.717) is 0 Å². The van der Waals surface area contributed by atoms with Gasteiger partial charge in [0, 0.05) is 19.2 Å². The highest BCUT2D eigenvalue weighted by molar-refractivity contribution is 5.92. The van der Waals surface area contributed by atoms with Crippen molar-refractivity contribution in [3.05, 3.63) is 17.0 Å². The number of nitrogens with one attached hydrogen (secondary N) is 1. The molecule has 0 radical (unpaired) electrons. The Bertz CT molecular complexity index is 427. The lowest BCUT2D eigenvalue weighted by Gasteiger charge is -2.23. The molecule has 3 N–H and O–H groups in total. The van der Waals surface area contributed by atoms with Gasteiger partial charge in [0.25, 0.3) is 5.91 Å². The number of fused-ring (bicyclic) bond motifs is 1. The number of carbonyl (C=O) groups is 1. The molecule has 82 valence electrons. The van der Waals surface area contributed by atoms with E-state index in [2.05, 4.69) is 10.4 Å². The van der Waals surface area contributed by atoms with Crippen LogP contribution < -0.4 is 11.1 Å². The normalized spacial score (nSPS) is 18.6. The maximum atomic E-state index is 13.5. The summed E-state index contributed by atoms with van der Waals surface area (Å²) in [6.07, 6.45) is 0. The van der Waals surface area contributed by atoms with Crippen LogP contribution in [0, 0.1) is 0 Å². The number of amides is 1. The van der Waals surface area contributed by atoms with E-state index >= 15 is 0 Å². The first-order chi connectivity index (χ1) is 6.93. The summed E-state index contributed by atoms with van der Waals surface area (Å²) in [5.74, 6) is -3.80. The summed E-state index contributed by atoms with van der Waals surface area (Å²) < 4.78 is 27.9. The van der Waals surface area contributed by atoms with Crippen LogP contribution in [0.1, 0.15) is 21.7 Å². The summed E-state index contributed by atoms with van der Waals surface area (Å²) in [7, 11) is 1.38. The highest BCUT2D eigenvalue weighted by Gasteiger charge is 2.42. The number of nitrogens with two attached hydrogens (primary N) is 1. The second-order valence-corrected chi connectivity index (χ2v) is 3.47. The van der Waals surface area contributed by atoms with E-state index in [0.717, 1.165) is 4.68 Å². The number of nitrogens with zero attached hydrogens (tertiary/aromatic N) is 2.